The lowest BCUT2D eigenvalue weighted by molar-refractivity contribution is -0.158. The molecule has 0 radical (unpaired) electrons. The zero-order chi connectivity index (χ0) is 45.5. The van der Waals surface area contributed by atoms with Crippen molar-refractivity contribution < 1.29 is 56.6 Å². The van der Waals surface area contributed by atoms with Gasteiger partial charge in [-0.2, -0.15) is 0 Å². The third kappa shape index (κ3) is 12.6. The third-order valence-electron chi connectivity index (χ3n) is 12.0. The van der Waals surface area contributed by atoms with Gasteiger partial charge in [-0.05, 0) is 77.5 Å². The van der Waals surface area contributed by atoms with Crippen LogP contribution in [0.2, 0.25) is 0 Å². The Kier molecular flexibility index (Phi) is 15.9. The molecule has 3 aliphatic heterocycles. The fraction of sp³-hybridized carbons (Fsp3) is 0.674. The molecule has 7 amide bonds. The van der Waals surface area contributed by atoms with Crippen LogP contribution in [-0.2, 0) is 49.5 Å². The summed E-state index contributed by atoms with van der Waals surface area (Å²) in [6.07, 6.45) is 5.21. The van der Waals surface area contributed by atoms with Crippen LogP contribution in [0.5, 0.6) is 0 Å². The number of hydrogen-bond donors (Lipinski definition) is 4. The van der Waals surface area contributed by atoms with E-state index in [-0.39, 0.29) is 44.3 Å². The maximum Gasteiger partial charge on any atom is 0.407 e. The van der Waals surface area contributed by atoms with Gasteiger partial charge >= 0.3 is 12.1 Å². The molecule has 17 nitrogen and oxygen atoms in total. The van der Waals surface area contributed by atoms with Gasteiger partial charge in [-0.15, -0.1) is 0 Å². The smallest absolute Gasteiger partial charge is 0.407 e. The lowest BCUT2D eigenvalue weighted by Gasteiger charge is -2.34. The zero-order valence-electron chi connectivity index (χ0n) is 36.4. The molecule has 1 aliphatic carbocycles. The number of cyclic esters (lactones) is 1. The number of benzene rings is 1. The zero-order valence-corrected chi connectivity index (χ0v) is 36.4. The SMILES string of the molecule is C[C@@H]1NC(=O)[C@H](C)N(C)C(=O)[C@@H]2CCCN2C(=O)[C@@H](NC(=O)[C@H](Cc2cc(F)cc(F)c2)NC(=O)CCC2CCCCC2)COC(=O)[C@@H]2C[C@H](NC(=O)OC(C)(C)C)CN2C1=O. The summed E-state index contributed by atoms with van der Waals surface area (Å²) in [6.45, 7) is 7.00. The van der Waals surface area contributed by atoms with Crippen molar-refractivity contribution in [2.75, 3.05) is 26.7 Å². The van der Waals surface area contributed by atoms with Gasteiger partial charge in [0.2, 0.25) is 35.4 Å². The molecule has 19 heteroatoms. The standard InChI is InChI=1S/C43H61F2N7O10/c1-24-38(56)52-22-30(47-42(60)62-43(3,4)5)21-34(52)41(59)61-23-32(39(57)51-16-10-13-33(51)40(58)50(6)25(2)36(54)46-24)49-37(55)31(19-27-17-28(44)20-29(45)18-27)48-35(53)15-14-26-11-8-7-9-12-26/h17-18,20,24-26,30-34H,7-16,19,21-23H2,1-6H3,(H,46,54)(H,47,60)(H,48,53)(H,49,55)/t24-,25-,30-,31-,32-,33-,34-/m0/s1. The molecule has 62 heavy (non-hydrogen) atoms. The van der Waals surface area contributed by atoms with Crippen LogP contribution in [0, 0.1) is 17.6 Å². The molecule has 1 aromatic carbocycles. The van der Waals surface area contributed by atoms with Crippen LogP contribution in [0.3, 0.4) is 0 Å². The van der Waals surface area contributed by atoms with Gasteiger partial charge in [-0.3, -0.25) is 28.8 Å². The number of fused-ring (bicyclic) bond motifs is 2. The number of hydrogen-bond acceptors (Lipinski definition) is 10. The minimum absolute atomic E-state index is 0.0483. The van der Waals surface area contributed by atoms with Gasteiger partial charge in [0.25, 0.3) is 0 Å². The Morgan fingerprint density at radius 3 is 2.23 bits per heavy atom. The fourth-order valence-corrected chi connectivity index (χ4v) is 8.58. The van der Waals surface area contributed by atoms with E-state index < -0.39 is 114 Å². The van der Waals surface area contributed by atoms with Crippen LogP contribution in [0.4, 0.5) is 13.6 Å². The van der Waals surface area contributed by atoms with Crippen LogP contribution >= 0.6 is 0 Å². The Balaban J connectivity index is 1.45. The monoisotopic (exact) mass is 873 g/mol. The maximum atomic E-state index is 14.5. The lowest BCUT2D eigenvalue weighted by atomic mass is 9.86. The van der Waals surface area contributed by atoms with E-state index in [1.807, 2.05) is 0 Å². The molecule has 342 valence electrons. The Labute approximate surface area is 360 Å². The van der Waals surface area contributed by atoms with E-state index in [4.69, 9.17) is 9.47 Å². The van der Waals surface area contributed by atoms with Crippen molar-refractivity contribution in [1.29, 1.82) is 0 Å². The molecular formula is C43H61F2N7O10. The molecule has 5 rings (SSSR count). The van der Waals surface area contributed by atoms with E-state index in [9.17, 15) is 47.1 Å². The van der Waals surface area contributed by atoms with Crippen molar-refractivity contribution in [3.8, 4) is 0 Å². The predicted octanol–water partition coefficient (Wildman–Crippen LogP) is 2.23. The number of amides is 7. The summed E-state index contributed by atoms with van der Waals surface area (Å²) in [6, 6.07) is -5.84. The first-order valence-electron chi connectivity index (χ1n) is 21.6. The molecule has 4 fully saturated rings. The van der Waals surface area contributed by atoms with Gasteiger partial charge in [0.1, 0.15) is 60.1 Å². The van der Waals surface area contributed by atoms with Crippen molar-refractivity contribution >= 4 is 47.5 Å². The van der Waals surface area contributed by atoms with Crippen molar-refractivity contribution in [3.05, 3.63) is 35.4 Å². The summed E-state index contributed by atoms with van der Waals surface area (Å²) in [5.74, 6) is -6.63. The van der Waals surface area contributed by atoms with Crippen molar-refractivity contribution in [2.45, 2.75) is 153 Å². The van der Waals surface area contributed by atoms with Gasteiger partial charge in [0, 0.05) is 45.5 Å². The molecule has 4 N–H and O–H groups in total. The van der Waals surface area contributed by atoms with Crippen molar-refractivity contribution in [2.24, 2.45) is 5.92 Å². The fourth-order valence-electron chi connectivity index (χ4n) is 8.58. The van der Waals surface area contributed by atoms with Crippen molar-refractivity contribution in [1.82, 2.24) is 36.0 Å². The Hall–Kier alpha value is -5.36. The summed E-state index contributed by atoms with van der Waals surface area (Å²) in [5.41, 5.74) is -0.804. The largest absolute Gasteiger partial charge is 0.461 e. The molecular weight excluding hydrogens is 813 g/mol. The third-order valence-corrected chi connectivity index (χ3v) is 12.0. The van der Waals surface area contributed by atoms with Gasteiger partial charge in [-0.1, -0.05) is 32.1 Å². The summed E-state index contributed by atoms with van der Waals surface area (Å²) in [4.78, 5) is 114. The number of carbonyl (C=O) groups is 8. The second-order valence-corrected chi connectivity index (χ2v) is 18.0. The summed E-state index contributed by atoms with van der Waals surface area (Å²) in [7, 11) is 1.39. The van der Waals surface area contributed by atoms with Crippen LogP contribution < -0.4 is 21.3 Å². The summed E-state index contributed by atoms with van der Waals surface area (Å²) in [5, 5.41) is 10.5. The maximum absolute atomic E-state index is 14.5. The molecule has 1 aromatic rings. The van der Waals surface area contributed by atoms with E-state index >= 15 is 0 Å². The number of ether oxygens (including phenoxy) is 2. The van der Waals surface area contributed by atoms with Gasteiger partial charge in [0.05, 0.1) is 6.04 Å². The molecule has 0 bridgehead atoms. The highest BCUT2D eigenvalue weighted by Crippen LogP contribution is 2.28. The lowest BCUT2D eigenvalue weighted by Crippen LogP contribution is -2.60. The summed E-state index contributed by atoms with van der Waals surface area (Å²) >= 11 is 0. The first-order valence-corrected chi connectivity index (χ1v) is 21.6. The van der Waals surface area contributed by atoms with E-state index in [2.05, 4.69) is 21.3 Å². The molecule has 1 saturated carbocycles. The van der Waals surface area contributed by atoms with Crippen LogP contribution in [-0.4, -0.2) is 137 Å². The van der Waals surface area contributed by atoms with Crippen LogP contribution in [0.15, 0.2) is 18.2 Å². The Bertz CT molecular complexity index is 1850. The average molecular weight is 874 g/mol. The minimum atomic E-state index is -1.65. The van der Waals surface area contributed by atoms with Crippen LogP contribution in [0.25, 0.3) is 0 Å². The number of nitrogens with zero attached hydrogens (tertiary/aromatic N) is 3. The number of nitrogens with one attached hydrogen (secondary N) is 4. The number of rotatable bonds is 9. The second-order valence-electron chi connectivity index (χ2n) is 18.0. The average Bonchev–Trinajstić information content (AvgIpc) is 3.87. The quantitative estimate of drug-likeness (QED) is 0.266. The van der Waals surface area contributed by atoms with E-state index in [1.165, 1.54) is 30.7 Å². The highest BCUT2D eigenvalue weighted by Gasteiger charge is 2.46. The minimum Gasteiger partial charge on any atom is -0.461 e. The van der Waals surface area contributed by atoms with E-state index in [0.29, 0.717) is 24.8 Å². The van der Waals surface area contributed by atoms with Gasteiger partial charge < -0.3 is 45.4 Å². The van der Waals surface area contributed by atoms with Gasteiger partial charge in [-0.25, -0.2) is 18.4 Å². The van der Waals surface area contributed by atoms with E-state index in [1.54, 1.807) is 20.8 Å². The molecule has 0 spiro atoms. The normalized spacial score (nSPS) is 26.3. The van der Waals surface area contributed by atoms with Crippen molar-refractivity contribution in [3.63, 3.8) is 0 Å². The highest BCUT2D eigenvalue weighted by molar-refractivity contribution is 5.97. The Morgan fingerprint density at radius 1 is 0.887 bits per heavy atom. The first-order chi connectivity index (χ1) is 29.2. The number of likely N-dealkylation sites (N-methyl/N-ethyl adjacent to an activating group) is 1. The Morgan fingerprint density at radius 2 is 1.56 bits per heavy atom. The highest BCUT2D eigenvalue weighted by atomic mass is 19.1. The molecule has 0 unspecified atom stereocenters. The topological polar surface area (TPSA) is 213 Å². The van der Waals surface area contributed by atoms with Crippen LogP contribution in [0.1, 0.15) is 104 Å². The molecule has 7 atom stereocenters. The number of alkyl carbamates (subject to hydrolysis) is 1. The molecule has 3 saturated heterocycles. The van der Waals surface area contributed by atoms with E-state index in [0.717, 1.165) is 49.1 Å². The molecule has 3 heterocycles. The first kappa shape index (κ1) is 47.7. The van der Waals surface area contributed by atoms with Gasteiger partial charge in [0.15, 0.2) is 0 Å². The second kappa shape index (κ2) is 20.7. The molecule has 4 aliphatic rings. The number of halogens is 2. The number of esters is 1. The predicted molar refractivity (Wildman–Crippen MR) is 219 cm³/mol. The molecule has 0 aromatic heterocycles. The summed E-state index contributed by atoms with van der Waals surface area (Å²) < 4.78 is 39.7. The number of carbonyl (C=O) groups excluding carboxylic acids is 8.